The zero-order valence-corrected chi connectivity index (χ0v) is 26.9. The number of aliphatic hydroxyl groups is 1. The van der Waals surface area contributed by atoms with E-state index in [2.05, 4.69) is 11.1 Å². The number of benzene rings is 4. The van der Waals surface area contributed by atoms with Crippen LogP contribution in [0.2, 0.25) is 0 Å². The zero-order chi connectivity index (χ0) is 33.5. The maximum Gasteiger partial charge on any atom is 0.295 e. The SMILES string of the molecule is COc1cc(C2C(=C(O)c3ccc(OCc4cccc(C)c4)cc3)C(=O)C(=O)N2CCCn2ccnc2)ccc1OCc1ccccc1. The van der Waals surface area contributed by atoms with Gasteiger partial charge in [-0.3, -0.25) is 9.59 Å². The molecule has 1 amide bonds. The van der Waals surface area contributed by atoms with E-state index < -0.39 is 17.7 Å². The maximum absolute atomic E-state index is 13.6. The molecule has 9 nitrogen and oxygen atoms in total. The lowest BCUT2D eigenvalue weighted by Gasteiger charge is -2.26. The van der Waals surface area contributed by atoms with Crippen molar-refractivity contribution in [2.24, 2.45) is 0 Å². The molecule has 4 aromatic carbocycles. The van der Waals surface area contributed by atoms with E-state index in [1.807, 2.05) is 66.2 Å². The van der Waals surface area contributed by atoms with Crippen molar-refractivity contribution in [3.63, 3.8) is 0 Å². The van der Waals surface area contributed by atoms with E-state index in [0.717, 1.165) is 16.7 Å². The number of amides is 1. The molecule has 1 aromatic heterocycles. The summed E-state index contributed by atoms with van der Waals surface area (Å²) in [5, 5.41) is 11.6. The van der Waals surface area contributed by atoms with Crippen LogP contribution in [0, 0.1) is 6.92 Å². The molecule has 0 aliphatic carbocycles. The molecule has 9 heteroatoms. The first-order chi connectivity index (χ1) is 23.4. The number of rotatable bonds is 13. The van der Waals surface area contributed by atoms with Crippen molar-refractivity contribution in [2.45, 2.75) is 39.1 Å². The van der Waals surface area contributed by atoms with Gasteiger partial charge in [-0.1, -0.05) is 66.2 Å². The molecule has 1 saturated heterocycles. The van der Waals surface area contributed by atoms with E-state index in [9.17, 15) is 14.7 Å². The number of ether oxygens (including phenoxy) is 3. The first kappa shape index (κ1) is 32.1. The van der Waals surface area contributed by atoms with Crippen LogP contribution < -0.4 is 14.2 Å². The van der Waals surface area contributed by atoms with Crippen molar-refractivity contribution in [1.82, 2.24) is 14.5 Å². The fourth-order valence-corrected chi connectivity index (χ4v) is 5.84. The molecule has 1 unspecified atom stereocenters. The van der Waals surface area contributed by atoms with Crippen LogP contribution in [0.1, 0.15) is 40.3 Å². The molecule has 0 spiro atoms. The minimum absolute atomic E-state index is 0.0102. The highest BCUT2D eigenvalue weighted by atomic mass is 16.5. The van der Waals surface area contributed by atoms with Gasteiger partial charge < -0.3 is 28.8 Å². The van der Waals surface area contributed by atoms with Crippen LogP contribution in [0.4, 0.5) is 0 Å². The average molecular weight is 644 g/mol. The Balaban J connectivity index is 1.29. The van der Waals surface area contributed by atoms with E-state index in [4.69, 9.17) is 14.2 Å². The fraction of sp³-hybridized carbons (Fsp3) is 0.205. The van der Waals surface area contributed by atoms with Gasteiger partial charge in [0.05, 0.1) is 25.1 Å². The molecule has 1 N–H and O–H groups in total. The topological polar surface area (TPSA) is 103 Å². The molecule has 0 bridgehead atoms. The van der Waals surface area contributed by atoms with Gasteiger partial charge in [0, 0.05) is 31.0 Å². The van der Waals surface area contributed by atoms with Crippen LogP contribution in [0.3, 0.4) is 0 Å². The molecule has 6 rings (SSSR count). The number of carbonyl (C=O) groups is 2. The number of hydrogen-bond acceptors (Lipinski definition) is 7. The first-order valence-corrected chi connectivity index (χ1v) is 15.8. The van der Waals surface area contributed by atoms with Gasteiger partial charge in [0.15, 0.2) is 11.5 Å². The summed E-state index contributed by atoms with van der Waals surface area (Å²) >= 11 is 0. The smallest absolute Gasteiger partial charge is 0.295 e. The van der Waals surface area contributed by atoms with Gasteiger partial charge in [0.1, 0.15) is 24.7 Å². The monoisotopic (exact) mass is 643 g/mol. The predicted molar refractivity (Wildman–Crippen MR) is 182 cm³/mol. The number of Topliss-reactive ketones (excluding diaryl/α,β-unsaturated/α-hetero) is 1. The number of hydrogen-bond donors (Lipinski definition) is 1. The van der Waals surface area contributed by atoms with Gasteiger partial charge in [0.2, 0.25) is 0 Å². The van der Waals surface area contributed by atoms with Crippen LogP contribution in [-0.4, -0.2) is 44.9 Å². The number of nitrogens with zero attached hydrogens (tertiary/aromatic N) is 3. The first-order valence-electron chi connectivity index (χ1n) is 15.8. The summed E-state index contributed by atoms with van der Waals surface area (Å²) in [6.07, 6.45) is 5.82. The summed E-state index contributed by atoms with van der Waals surface area (Å²) in [7, 11) is 1.54. The number of ketones is 1. The highest BCUT2D eigenvalue weighted by molar-refractivity contribution is 6.46. The van der Waals surface area contributed by atoms with E-state index in [1.54, 1.807) is 62.1 Å². The second kappa shape index (κ2) is 14.7. The molecular formula is C39H37N3O6. The van der Waals surface area contributed by atoms with Gasteiger partial charge >= 0.3 is 0 Å². The van der Waals surface area contributed by atoms with Gasteiger partial charge in [-0.2, -0.15) is 0 Å². The second-order valence-electron chi connectivity index (χ2n) is 11.6. The van der Waals surface area contributed by atoms with Crippen molar-refractivity contribution in [3.05, 3.63) is 149 Å². The lowest BCUT2D eigenvalue weighted by molar-refractivity contribution is -0.139. The molecule has 1 aliphatic rings. The second-order valence-corrected chi connectivity index (χ2v) is 11.6. The molecule has 48 heavy (non-hydrogen) atoms. The van der Waals surface area contributed by atoms with Crippen molar-refractivity contribution >= 4 is 17.4 Å². The highest BCUT2D eigenvalue weighted by Crippen LogP contribution is 2.42. The quantitative estimate of drug-likeness (QED) is 0.0849. The van der Waals surface area contributed by atoms with Crippen LogP contribution >= 0.6 is 0 Å². The minimum Gasteiger partial charge on any atom is -0.507 e. The van der Waals surface area contributed by atoms with E-state index in [1.165, 1.54) is 4.90 Å². The molecule has 1 aliphatic heterocycles. The molecule has 1 atom stereocenters. The molecule has 0 saturated carbocycles. The predicted octanol–water partition coefficient (Wildman–Crippen LogP) is 6.87. The Bertz CT molecular complexity index is 1900. The number of imidazole rings is 1. The summed E-state index contributed by atoms with van der Waals surface area (Å²) in [5.74, 6) is -0.104. The fourth-order valence-electron chi connectivity index (χ4n) is 5.84. The minimum atomic E-state index is -0.845. The van der Waals surface area contributed by atoms with Crippen molar-refractivity contribution in [2.75, 3.05) is 13.7 Å². The Morgan fingerprint density at radius 3 is 2.33 bits per heavy atom. The Hall–Kier alpha value is -5.83. The number of aromatic nitrogens is 2. The molecule has 1 fully saturated rings. The Kier molecular flexibility index (Phi) is 9.85. The molecule has 2 heterocycles. The average Bonchev–Trinajstić information content (AvgIpc) is 3.72. The van der Waals surface area contributed by atoms with Crippen molar-refractivity contribution < 1.29 is 28.9 Å². The highest BCUT2D eigenvalue weighted by Gasteiger charge is 2.46. The summed E-state index contributed by atoms with van der Waals surface area (Å²) in [4.78, 5) is 32.8. The van der Waals surface area contributed by atoms with Crippen LogP contribution in [0.5, 0.6) is 17.2 Å². The molecule has 5 aromatic rings. The number of aliphatic hydroxyl groups excluding tert-OH is 1. The lowest BCUT2D eigenvalue weighted by atomic mass is 9.95. The van der Waals surface area contributed by atoms with Gasteiger partial charge in [-0.15, -0.1) is 0 Å². The molecular weight excluding hydrogens is 606 g/mol. The Morgan fingerprint density at radius 2 is 1.60 bits per heavy atom. The third-order valence-electron chi connectivity index (χ3n) is 8.27. The van der Waals surface area contributed by atoms with E-state index >= 15 is 0 Å². The number of methoxy groups -OCH3 is 1. The molecule has 0 radical (unpaired) electrons. The standard InChI is InChI=1S/C39H37N3O6/c1-27-8-6-11-29(22-27)25-47-32-15-12-30(13-16-32)37(43)35-36(42(39(45)38(35)44)20-7-19-41-21-18-40-26-41)31-14-17-33(34(23-31)46-2)48-24-28-9-4-3-5-10-28/h3-6,8-18,21-23,26,36,43H,7,19-20,24-25H2,1-2H3. The zero-order valence-electron chi connectivity index (χ0n) is 26.9. The Morgan fingerprint density at radius 1 is 0.833 bits per heavy atom. The summed E-state index contributed by atoms with van der Waals surface area (Å²) in [6, 6.07) is 29.2. The summed E-state index contributed by atoms with van der Waals surface area (Å²) in [6.45, 7) is 3.65. The van der Waals surface area contributed by atoms with Gasteiger partial charge in [-0.05, 0) is 66.4 Å². The lowest BCUT2D eigenvalue weighted by Crippen LogP contribution is -2.31. The Labute approximate surface area is 279 Å². The number of likely N-dealkylation sites (tertiary alicyclic amines) is 1. The van der Waals surface area contributed by atoms with Crippen molar-refractivity contribution in [3.8, 4) is 17.2 Å². The van der Waals surface area contributed by atoms with Crippen LogP contribution in [-0.2, 0) is 29.3 Å². The third-order valence-corrected chi connectivity index (χ3v) is 8.27. The van der Waals surface area contributed by atoms with Gasteiger partial charge in [0.25, 0.3) is 11.7 Å². The van der Waals surface area contributed by atoms with E-state index in [0.29, 0.717) is 54.6 Å². The number of aryl methyl sites for hydroxylation is 2. The largest absolute Gasteiger partial charge is 0.507 e. The normalized spacial score (nSPS) is 15.5. The van der Waals surface area contributed by atoms with Crippen LogP contribution in [0.25, 0.3) is 5.76 Å². The number of carbonyl (C=O) groups excluding carboxylic acids is 2. The van der Waals surface area contributed by atoms with Crippen molar-refractivity contribution in [1.29, 1.82) is 0 Å². The summed E-state index contributed by atoms with van der Waals surface area (Å²) in [5.41, 5.74) is 4.21. The molecule has 244 valence electrons. The van der Waals surface area contributed by atoms with E-state index in [-0.39, 0.29) is 17.9 Å². The maximum atomic E-state index is 13.6. The third kappa shape index (κ3) is 7.25. The van der Waals surface area contributed by atoms with Crippen LogP contribution in [0.15, 0.2) is 121 Å². The summed E-state index contributed by atoms with van der Waals surface area (Å²) < 4.78 is 19.6. The van der Waals surface area contributed by atoms with Gasteiger partial charge in [-0.25, -0.2) is 4.98 Å².